The number of allylic oxidation sites excluding steroid dienone is 2. The van der Waals surface area contributed by atoms with Gasteiger partial charge >= 0.3 is 11.9 Å². The van der Waals surface area contributed by atoms with Crippen molar-refractivity contribution in [2.45, 2.75) is 34.9 Å². The maximum atomic E-state index is 11.6. The second-order valence-electron chi connectivity index (χ2n) is 12.6. The summed E-state index contributed by atoms with van der Waals surface area (Å²) in [7, 11) is 0. The Morgan fingerprint density at radius 1 is 0.625 bits per heavy atom. The maximum absolute atomic E-state index is 11.6. The van der Waals surface area contributed by atoms with E-state index in [0.29, 0.717) is 12.2 Å². The fourth-order valence-electron chi connectivity index (χ4n) is 5.63. The number of nitrogens with zero attached hydrogens (tertiary/aromatic N) is 2. The lowest BCUT2D eigenvalue weighted by atomic mass is 10.1. The molecule has 0 saturated carbocycles. The Hall–Kier alpha value is -5.74. The molecule has 0 aromatic heterocycles. The van der Waals surface area contributed by atoms with E-state index in [1.807, 2.05) is 36.4 Å². The highest BCUT2D eigenvalue weighted by molar-refractivity contribution is 5.89. The number of ether oxygens (including phenoxy) is 3. The van der Waals surface area contributed by atoms with Crippen LogP contribution in [-0.2, 0) is 27.3 Å². The van der Waals surface area contributed by atoms with E-state index in [1.54, 1.807) is 43.3 Å². The largest absolute Gasteiger partial charge is 0.478 e. The Balaban J connectivity index is 0.000000291. The van der Waals surface area contributed by atoms with Gasteiger partial charge in [-0.05, 0) is 102 Å². The molecule has 2 saturated heterocycles. The number of rotatable bonds is 9. The molecule has 8 nitrogen and oxygen atoms in total. The molecule has 2 aliphatic heterocycles. The number of esters is 1. The first-order chi connectivity index (χ1) is 26.4. The molecule has 0 spiro atoms. The van der Waals surface area contributed by atoms with Crippen molar-refractivity contribution in [3.63, 3.8) is 0 Å². The number of hydrogen-bond acceptors (Lipinski definition) is 7. The molecule has 0 aliphatic carbocycles. The smallest absolute Gasteiger partial charge is 0.338 e. The number of benzene rings is 4. The molecule has 6 rings (SSSR count). The molecule has 4 aromatic carbocycles. The van der Waals surface area contributed by atoms with E-state index >= 15 is 0 Å². The van der Waals surface area contributed by atoms with Crippen LogP contribution in [0.4, 0.5) is 0 Å². The molecular weight excluding hydrogens is 701 g/mol. The SMILES string of the molecule is C.C.CCOC(=O)c1ccc(C#C/C=C\c2ccc(CN3CCOCC3)cc2)cc1.O=C(O)c1ccc(C#C/C=C\c2ccc(CN3CCOCC3)cc2)cc1. The Labute approximate surface area is 333 Å². The molecule has 0 bridgehead atoms. The topological polar surface area (TPSA) is 88.5 Å². The predicted molar refractivity (Wildman–Crippen MR) is 226 cm³/mol. The van der Waals surface area contributed by atoms with Crippen molar-refractivity contribution in [2.75, 3.05) is 59.2 Å². The van der Waals surface area contributed by atoms with Crippen LogP contribution in [-0.4, -0.2) is 86.1 Å². The molecule has 2 aliphatic rings. The highest BCUT2D eigenvalue weighted by atomic mass is 16.5. The Morgan fingerprint density at radius 2 is 1.02 bits per heavy atom. The van der Waals surface area contributed by atoms with Crippen molar-refractivity contribution in [2.24, 2.45) is 0 Å². The molecule has 2 heterocycles. The van der Waals surface area contributed by atoms with Crippen molar-refractivity contribution >= 4 is 24.1 Å². The number of carboxylic acids is 1. The third kappa shape index (κ3) is 15.5. The number of carbonyl (C=O) groups is 2. The van der Waals surface area contributed by atoms with Gasteiger partial charge in [-0.25, -0.2) is 9.59 Å². The van der Waals surface area contributed by atoms with Crippen LogP contribution in [0.2, 0.25) is 0 Å². The number of carboxylic acid groups (broad SMARTS) is 1. The molecular formula is C48H54N2O6. The van der Waals surface area contributed by atoms with Crippen molar-refractivity contribution in [3.05, 3.63) is 154 Å². The summed E-state index contributed by atoms with van der Waals surface area (Å²) in [6.45, 7) is 11.4. The molecule has 0 unspecified atom stereocenters. The van der Waals surface area contributed by atoms with Crippen molar-refractivity contribution in [1.82, 2.24) is 9.80 Å². The molecule has 4 aromatic rings. The fraction of sp³-hybridized carbons (Fsp3) is 0.292. The standard InChI is InChI=1S/C24H25NO3.C22H21NO3.2CH4/c1-2-28-24(26)23-13-11-21(12-14-23)6-4-3-5-20-7-9-22(10-8-20)19-25-15-17-27-18-16-25;24-22(25)21-11-9-19(10-12-21)4-2-1-3-18-5-7-20(8-6-18)17-23-13-15-26-16-14-23;;/h3,5,7-14H,2,15-19H2,1H3;1,3,5-12H,13-17H2,(H,24,25);2*1H4/b5-3-;3-1-;;. The minimum Gasteiger partial charge on any atom is -0.478 e. The number of morpholine rings is 2. The first-order valence-corrected chi connectivity index (χ1v) is 18.2. The average molecular weight is 755 g/mol. The molecule has 56 heavy (non-hydrogen) atoms. The van der Waals surface area contributed by atoms with E-state index in [0.717, 1.165) is 87.9 Å². The van der Waals surface area contributed by atoms with E-state index in [9.17, 15) is 9.59 Å². The Kier molecular flexibility index (Phi) is 19.6. The van der Waals surface area contributed by atoms with Gasteiger partial charge in [0.05, 0.1) is 44.2 Å². The van der Waals surface area contributed by atoms with Crippen LogP contribution in [0, 0.1) is 23.7 Å². The van der Waals surface area contributed by atoms with Crippen LogP contribution < -0.4 is 0 Å². The van der Waals surface area contributed by atoms with E-state index in [-0.39, 0.29) is 26.4 Å². The van der Waals surface area contributed by atoms with Gasteiger partial charge in [0, 0.05) is 50.4 Å². The van der Waals surface area contributed by atoms with Gasteiger partial charge in [-0.2, -0.15) is 0 Å². The highest BCUT2D eigenvalue weighted by Gasteiger charge is 2.11. The predicted octanol–water partition coefficient (Wildman–Crippen LogP) is 8.31. The van der Waals surface area contributed by atoms with Crippen LogP contribution in [0.25, 0.3) is 12.2 Å². The third-order valence-corrected chi connectivity index (χ3v) is 8.66. The average Bonchev–Trinajstić information content (AvgIpc) is 3.21. The summed E-state index contributed by atoms with van der Waals surface area (Å²) < 4.78 is 15.7. The molecule has 8 heteroatoms. The molecule has 0 radical (unpaired) electrons. The van der Waals surface area contributed by atoms with Crippen LogP contribution in [0.3, 0.4) is 0 Å². The summed E-state index contributed by atoms with van der Waals surface area (Å²) in [6.07, 6.45) is 7.62. The zero-order valence-electron chi connectivity index (χ0n) is 30.7. The first-order valence-electron chi connectivity index (χ1n) is 18.2. The van der Waals surface area contributed by atoms with E-state index in [2.05, 4.69) is 82.0 Å². The summed E-state index contributed by atoms with van der Waals surface area (Å²) in [5.74, 6) is 10.8. The van der Waals surface area contributed by atoms with Crippen molar-refractivity contribution in [1.29, 1.82) is 0 Å². The first kappa shape index (κ1) is 44.7. The molecule has 1 N–H and O–H groups in total. The maximum Gasteiger partial charge on any atom is 0.338 e. The lowest BCUT2D eigenvalue weighted by Gasteiger charge is -2.26. The molecule has 0 atom stereocenters. The molecule has 292 valence electrons. The van der Waals surface area contributed by atoms with Crippen LogP contribution in [0.1, 0.15) is 75.9 Å². The van der Waals surface area contributed by atoms with Gasteiger partial charge < -0.3 is 19.3 Å². The minimum atomic E-state index is -0.929. The van der Waals surface area contributed by atoms with Gasteiger partial charge in [0.1, 0.15) is 0 Å². The molecule has 2 fully saturated rings. The van der Waals surface area contributed by atoms with Crippen molar-refractivity contribution in [3.8, 4) is 23.7 Å². The monoisotopic (exact) mass is 754 g/mol. The van der Waals surface area contributed by atoms with Gasteiger partial charge in [-0.1, -0.05) is 87.1 Å². The van der Waals surface area contributed by atoms with E-state index in [1.165, 1.54) is 11.1 Å². The summed E-state index contributed by atoms with van der Waals surface area (Å²) in [4.78, 5) is 27.2. The highest BCUT2D eigenvalue weighted by Crippen LogP contribution is 2.12. The van der Waals surface area contributed by atoms with E-state index < -0.39 is 5.97 Å². The van der Waals surface area contributed by atoms with Gasteiger partial charge in [-0.3, -0.25) is 9.80 Å². The minimum absolute atomic E-state index is 0. The lowest BCUT2D eigenvalue weighted by molar-refractivity contribution is 0.0341. The van der Waals surface area contributed by atoms with E-state index in [4.69, 9.17) is 19.3 Å². The normalized spacial score (nSPS) is 14.1. The lowest BCUT2D eigenvalue weighted by Crippen LogP contribution is -2.35. The summed E-state index contributed by atoms with van der Waals surface area (Å²) in [5.41, 5.74) is 7.30. The second-order valence-corrected chi connectivity index (χ2v) is 12.6. The number of carbonyl (C=O) groups excluding carboxylic acids is 1. The van der Waals surface area contributed by atoms with Crippen LogP contribution >= 0.6 is 0 Å². The van der Waals surface area contributed by atoms with Gasteiger partial charge in [-0.15, -0.1) is 0 Å². The van der Waals surface area contributed by atoms with Gasteiger partial charge in [0.25, 0.3) is 0 Å². The third-order valence-electron chi connectivity index (χ3n) is 8.66. The number of hydrogen-bond donors (Lipinski definition) is 1. The summed E-state index contributed by atoms with van der Waals surface area (Å²) >= 11 is 0. The summed E-state index contributed by atoms with van der Waals surface area (Å²) in [5, 5.41) is 8.87. The fourth-order valence-corrected chi connectivity index (χ4v) is 5.63. The number of aromatic carboxylic acids is 1. The van der Waals surface area contributed by atoms with Gasteiger partial charge in [0.2, 0.25) is 0 Å². The zero-order valence-corrected chi connectivity index (χ0v) is 30.7. The van der Waals surface area contributed by atoms with Crippen LogP contribution in [0.5, 0.6) is 0 Å². The zero-order chi connectivity index (χ0) is 37.8. The molecule has 0 amide bonds. The Morgan fingerprint density at radius 3 is 1.39 bits per heavy atom. The quantitative estimate of drug-likeness (QED) is 0.135. The second kappa shape index (κ2) is 24.6. The van der Waals surface area contributed by atoms with Gasteiger partial charge in [0.15, 0.2) is 0 Å². The Bertz CT molecular complexity index is 1970. The van der Waals surface area contributed by atoms with Crippen molar-refractivity contribution < 1.29 is 28.9 Å². The van der Waals surface area contributed by atoms with Crippen LogP contribution in [0.15, 0.2) is 109 Å². The summed E-state index contributed by atoms with van der Waals surface area (Å²) in [6, 6.07) is 30.7.